The quantitative estimate of drug-likeness (QED) is 0.766. The van der Waals surface area contributed by atoms with Gasteiger partial charge in [0.2, 0.25) is 0 Å². The Morgan fingerprint density at radius 3 is 2.70 bits per heavy atom. The number of aryl methyl sites for hydroxylation is 1. The number of benzene rings is 2. The van der Waals surface area contributed by atoms with Gasteiger partial charge in [0, 0.05) is 12.2 Å². The van der Waals surface area contributed by atoms with E-state index in [-0.39, 0.29) is 5.91 Å². The number of aromatic nitrogens is 2. The number of anilines is 3. The van der Waals surface area contributed by atoms with E-state index in [1.807, 2.05) is 42.5 Å². The largest absolute Gasteiger partial charge is 0.495 e. The first-order chi connectivity index (χ1) is 13.3. The lowest BCUT2D eigenvalue weighted by atomic mass is 10.0. The molecule has 4 rings (SSSR count). The summed E-state index contributed by atoms with van der Waals surface area (Å²) < 4.78 is 5.32. The normalized spacial score (nSPS) is 13.0. The lowest BCUT2D eigenvalue weighted by Gasteiger charge is -2.29. The Morgan fingerprint density at radius 2 is 1.89 bits per heavy atom. The van der Waals surface area contributed by atoms with Gasteiger partial charge in [-0.2, -0.15) is 0 Å². The van der Waals surface area contributed by atoms with Crippen LogP contribution in [0, 0.1) is 0 Å². The van der Waals surface area contributed by atoms with E-state index in [4.69, 9.17) is 4.74 Å². The molecule has 27 heavy (non-hydrogen) atoms. The first-order valence-electron chi connectivity index (χ1n) is 8.88. The molecule has 1 N–H and O–H groups in total. The Bertz CT molecular complexity index is 956. The first-order valence-corrected chi connectivity index (χ1v) is 8.88. The second kappa shape index (κ2) is 7.45. The SMILES string of the molecule is COc1ccccc1Nc1cnc(C(=O)N2CCCc3ccccc32)cn1. The molecular weight excluding hydrogens is 340 g/mol. The van der Waals surface area contributed by atoms with Crippen molar-refractivity contribution in [3.05, 3.63) is 72.2 Å². The topological polar surface area (TPSA) is 67.3 Å². The van der Waals surface area contributed by atoms with E-state index in [1.54, 1.807) is 18.2 Å². The molecule has 0 radical (unpaired) electrons. The van der Waals surface area contributed by atoms with Crippen molar-refractivity contribution in [1.29, 1.82) is 0 Å². The first kappa shape index (κ1) is 17.0. The highest BCUT2D eigenvalue weighted by molar-refractivity contribution is 6.05. The summed E-state index contributed by atoms with van der Waals surface area (Å²) in [6.45, 7) is 0.693. The summed E-state index contributed by atoms with van der Waals surface area (Å²) in [5.74, 6) is 1.14. The van der Waals surface area contributed by atoms with E-state index in [2.05, 4.69) is 21.4 Å². The third-order valence-electron chi connectivity index (χ3n) is 4.60. The van der Waals surface area contributed by atoms with Crippen molar-refractivity contribution < 1.29 is 9.53 Å². The van der Waals surface area contributed by atoms with Crippen molar-refractivity contribution in [2.24, 2.45) is 0 Å². The van der Waals surface area contributed by atoms with Crippen LogP contribution >= 0.6 is 0 Å². The summed E-state index contributed by atoms with van der Waals surface area (Å²) in [6, 6.07) is 15.6. The van der Waals surface area contributed by atoms with E-state index >= 15 is 0 Å². The summed E-state index contributed by atoms with van der Waals surface area (Å²) in [4.78, 5) is 23.4. The van der Waals surface area contributed by atoms with Crippen LogP contribution in [-0.2, 0) is 6.42 Å². The Hall–Kier alpha value is -3.41. The zero-order valence-corrected chi connectivity index (χ0v) is 15.1. The number of hydrogen-bond donors (Lipinski definition) is 1. The van der Waals surface area contributed by atoms with Crippen LogP contribution in [0.1, 0.15) is 22.5 Å². The molecule has 0 spiro atoms. The Morgan fingerprint density at radius 1 is 1.07 bits per heavy atom. The number of nitrogens with zero attached hydrogens (tertiary/aromatic N) is 3. The van der Waals surface area contributed by atoms with Crippen LogP contribution in [0.4, 0.5) is 17.2 Å². The van der Waals surface area contributed by atoms with Crippen molar-refractivity contribution in [2.75, 3.05) is 23.9 Å². The number of nitrogens with one attached hydrogen (secondary N) is 1. The van der Waals surface area contributed by atoms with Gasteiger partial charge in [-0.3, -0.25) is 4.79 Å². The number of ether oxygens (including phenoxy) is 1. The van der Waals surface area contributed by atoms with Gasteiger partial charge in [-0.25, -0.2) is 9.97 Å². The monoisotopic (exact) mass is 360 g/mol. The van der Waals surface area contributed by atoms with Crippen molar-refractivity contribution in [3.63, 3.8) is 0 Å². The minimum atomic E-state index is -0.126. The zero-order chi connectivity index (χ0) is 18.6. The zero-order valence-electron chi connectivity index (χ0n) is 15.1. The Labute approximate surface area is 157 Å². The maximum absolute atomic E-state index is 12.9. The molecule has 2 heterocycles. The number of methoxy groups -OCH3 is 1. The summed E-state index contributed by atoms with van der Waals surface area (Å²) >= 11 is 0. The van der Waals surface area contributed by atoms with Crippen LogP contribution in [0.2, 0.25) is 0 Å². The third-order valence-corrected chi connectivity index (χ3v) is 4.60. The van der Waals surface area contributed by atoms with Crippen LogP contribution in [0.5, 0.6) is 5.75 Å². The molecule has 0 aliphatic carbocycles. The predicted octanol–water partition coefficient (Wildman–Crippen LogP) is 3.82. The van der Waals surface area contributed by atoms with Crippen LogP contribution < -0.4 is 15.0 Å². The van der Waals surface area contributed by atoms with Gasteiger partial charge in [0.05, 0.1) is 25.2 Å². The fourth-order valence-corrected chi connectivity index (χ4v) is 3.27. The molecule has 0 unspecified atom stereocenters. The maximum Gasteiger partial charge on any atom is 0.278 e. The molecule has 1 aliphatic heterocycles. The summed E-state index contributed by atoms with van der Waals surface area (Å²) in [7, 11) is 1.62. The van der Waals surface area contributed by atoms with Gasteiger partial charge in [0.1, 0.15) is 17.3 Å². The number of rotatable bonds is 4. The maximum atomic E-state index is 12.9. The van der Waals surface area contributed by atoms with Crippen LogP contribution in [0.3, 0.4) is 0 Å². The second-order valence-electron chi connectivity index (χ2n) is 6.30. The third kappa shape index (κ3) is 3.46. The number of carbonyl (C=O) groups is 1. The number of para-hydroxylation sites is 3. The Kier molecular flexibility index (Phi) is 4.70. The van der Waals surface area contributed by atoms with E-state index < -0.39 is 0 Å². The second-order valence-corrected chi connectivity index (χ2v) is 6.30. The minimum Gasteiger partial charge on any atom is -0.495 e. The Balaban J connectivity index is 1.54. The highest BCUT2D eigenvalue weighted by Crippen LogP contribution is 2.28. The van der Waals surface area contributed by atoms with Gasteiger partial charge >= 0.3 is 0 Å². The average molecular weight is 360 g/mol. The van der Waals surface area contributed by atoms with E-state index in [9.17, 15) is 4.79 Å². The van der Waals surface area contributed by atoms with E-state index in [1.165, 1.54) is 11.8 Å². The highest BCUT2D eigenvalue weighted by Gasteiger charge is 2.24. The summed E-state index contributed by atoms with van der Waals surface area (Å²) in [5, 5.41) is 3.16. The highest BCUT2D eigenvalue weighted by atomic mass is 16.5. The van der Waals surface area contributed by atoms with E-state index in [0.717, 1.165) is 24.2 Å². The fourth-order valence-electron chi connectivity index (χ4n) is 3.27. The molecule has 6 heteroatoms. The van der Waals surface area contributed by atoms with Crippen molar-refractivity contribution in [2.45, 2.75) is 12.8 Å². The molecule has 0 bridgehead atoms. The predicted molar refractivity (Wildman–Crippen MR) is 105 cm³/mol. The fraction of sp³-hybridized carbons (Fsp3) is 0.190. The number of hydrogen-bond acceptors (Lipinski definition) is 5. The van der Waals surface area contributed by atoms with Gasteiger partial charge in [-0.05, 0) is 36.6 Å². The standard InChI is InChI=1S/C21H20N4O2/c1-27-19-11-5-3-9-16(19)24-20-14-22-17(13-23-20)21(26)25-12-6-8-15-7-2-4-10-18(15)25/h2-5,7,9-11,13-14H,6,8,12H2,1H3,(H,23,24). The molecule has 1 aliphatic rings. The molecule has 1 amide bonds. The van der Waals surface area contributed by atoms with Crippen molar-refractivity contribution in [3.8, 4) is 5.75 Å². The molecule has 6 nitrogen and oxygen atoms in total. The number of amides is 1. The smallest absolute Gasteiger partial charge is 0.278 e. The molecule has 1 aromatic heterocycles. The number of fused-ring (bicyclic) bond motifs is 1. The molecule has 0 saturated carbocycles. The summed E-state index contributed by atoms with van der Waals surface area (Å²) in [6.07, 6.45) is 5.02. The molecular formula is C21H20N4O2. The lowest BCUT2D eigenvalue weighted by molar-refractivity contribution is 0.0980. The molecule has 0 atom stereocenters. The molecule has 3 aromatic rings. The van der Waals surface area contributed by atoms with Gasteiger partial charge in [0.25, 0.3) is 5.91 Å². The van der Waals surface area contributed by atoms with Gasteiger partial charge < -0.3 is 15.0 Å². The molecule has 136 valence electrons. The minimum absolute atomic E-state index is 0.126. The molecule has 0 fully saturated rings. The van der Waals surface area contributed by atoms with Crippen LogP contribution in [0.15, 0.2) is 60.9 Å². The van der Waals surface area contributed by atoms with Crippen LogP contribution in [-0.4, -0.2) is 29.5 Å². The van der Waals surface area contributed by atoms with Crippen molar-refractivity contribution in [1.82, 2.24) is 9.97 Å². The number of carbonyl (C=O) groups excluding carboxylic acids is 1. The van der Waals surface area contributed by atoms with Crippen molar-refractivity contribution >= 4 is 23.1 Å². The van der Waals surface area contributed by atoms with Crippen LogP contribution in [0.25, 0.3) is 0 Å². The average Bonchev–Trinajstić information content (AvgIpc) is 2.74. The van der Waals surface area contributed by atoms with E-state index in [0.29, 0.717) is 23.8 Å². The molecule has 2 aromatic carbocycles. The van der Waals surface area contributed by atoms with Gasteiger partial charge in [-0.15, -0.1) is 0 Å². The lowest BCUT2D eigenvalue weighted by Crippen LogP contribution is -2.36. The molecule has 0 saturated heterocycles. The van der Waals surface area contributed by atoms with Gasteiger partial charge in [-0.1, -0.05) is 30.3 Å². The van der Waals surface area contributed by atoms with Gasteiger partial charge in [0.15, 0.2) is 0 Å². The summed E-state index contributed by atoms with van der Waals surface area (Å²) in [5.41, 5.74) is 3.28.